The lowest BCUT2D eigenvalue weighted by atomic mass is 10.0. The number of rotatable bonds is 2. The zero-order chi connectivity index (χ0) is 10.0. The van der Waals surface area contributed by atoms with Crippen molar-refractivity contribution in [2.24, 2.45) is 0 Å². The highest BCUT2D eigenvalue weighted by Gasteiger charge is 2.11. The van der Waals surface area contributed by atoms with E-state index in [1.54, 1.807) is 7.11 Å². The van der Waals surface area contributed by atoms with Crippen LogP contribution in [0.1, 0.15) is 29.0 Å². The Bertz CT molecular complexity index is 305. The van der Waals surface area contributed by atoms with Crippen molar-refractivity contribution in [2.75, 3.05) is 7.11 Å². The molecule has 0 saturated heterocycles. The van der Waals surface area contributed by atoms with Crippen LogP contribution in [0, 0.1) is 13.8 Å². The van der Waals surface area contributed by atoms with Crippen molar-refractivity contribution in [1.29, 1.82) is 0 Å². The summed E-state index contributed by atoms with van der Waals surface area (Å²) in [4.78, 5) is 0. The second kappa shape index (κ2) is 4.01. The first-order valence-corrected chi connectivity index (χ1v) is 4.79. The standard InChI is InChI=1S/C11H15ClO/c1-7-5-6-10(9(3)12)11(13-4)8(7)2/h5-6,9H,1-4H3. The molecule has 0 fully saturated rings. The lowest BCUT2D eigenvalue weighted by Crippen LogP contribution is -1.97. The van der Waals surface area contributed by atoms with Gasteiger partial charge in [-0.05, 0) is 31.9 Å². The molecule has 1 rings (SSSR count). The van der Waals surface area contributed by atoms with E-state index in [9.17, 15) is 0 Å². The maximum atomic E-state index is 6.03. The van der Waals surface area contributed by atoms with Crippen LogP contribution in [0.15, 0.2) is 12.1 Å². The van der Waals surface area contributed by atoms with Crippen LogP contribution in [-0.2, 0) is 0 Å². The van der Waals surface area contributed by atoms with Gasteiger partial charge in [0, 0.05) is 5.56 Å². The third-order valence-electron chi connectivity index (χ3n) is 2.34. The number of hydrogen-bond acceptors (Lipinski definition) is 1. The van der Waals surface area contributed by atoms with Crippen molar-refractivity contribution in [2.45, 2.75) is 26.1 Å². The highest BCUT2D eigenvalue weighted by Crippen LogP contribution is 2.33. The Kier molecular flexibility index (Phi) is 3.21. The molecule has 0 spiro atoms. The van der Waals surface area contributed by atoms with Gasteiger partial charge in [-0.25, -0.2) is 0 Å². The number of benzene rings is 1. The summed E-state index contributed by atoms with van der Waals surface area (Å²) in [5.74, 6) is 0.919. The maximum Gasteiger partial charge on any atom is 0.126 e. The molecule has 72 valence electrons. The van der Waals surface area contributed by atoms with E-state index in [1.807, 2.05) is 13.0 Å². The van der Waals surface area contributed by atoms with Gasteiger partial charge >= 0.3 is 0 Å². The summed E-state index contributed by atoms with van der Waals surface area (Å²) in [5.41, 5.74) is 3.47. The van der Waals surface area contributed by atoms with Crippen molar-refractivity contribution in [3.05, 3.63) is 28.8 Å². The van der Waals surface area contributed by atoms with Gasteiger partial charge in [-0.2, -0.15) is 0 Å². The fraction of sp³-hybridized carbons (Fsp3) is 0.455. The SMILES string of the molecule is COc1c(C(C)Cl)ccc(C)c1C. The van der Waals surface area contributed by atoms with Crippen LogP contribution in [0.3, 0.4) is 0 Å². The van der Waals surface area contributed by atoms with Crippen LogP contribution >= 0.6 is 11.6 Å². The van der Waals surface area contributed by atoms with Crippen LogP contribution in [0.4, 0.5) is 0 Å². The highest BCUT2D eigenvalue weighted by atomic mass is 35.5. The van der Waals surface area contributed by atoms with Crippen molar-refractivity contribution in [3.8, 4) is 5.75 Å². The molecule has 0 radical (unpaired) electrons. The summed E-state index contributed by atoms with van der Waals surface area (Å²) in [6, 6.07) is 4.10. The third-order valence-corrected chi connectivity index (χ3v) is 2.57. The number of ether oxygens (including phenoxy) is 1. The third kappa shape index (κ3) is 1.97. The van der Waals surface area contributed by atoms with Gasteiger partial charge in [-0.1, -0.05) is 12.1 Å². The normalized spacial score (nSPS) is 12.7. The lowest BCUT2D eigenvalue weighted by Gasteiger charge is -2.14. The number of aryl methyl sites for hydroxylation is 1. The molecular formula is C11H15ClO. The van der Waals surface area contributed by atoms with Crippen LogP contribution < -0.4 is 4.74 Å². The minimum absolute atomic E-state index is 0.00532. The van der Waals surface area contributed by atoms with Gasteiger partial charge in [-0.3, -0.25) is 0 Å². The molecule has 1 atom stereocenters. The summed E-state index contributed by atoms with van der Waals surface area (Å²) in [5, 5.41) is -0.00532. The molecule has 1 aromatic carbocycles. The minimum Gasteiger partial charge on any atom is -0.496 e. The highest BCUT2D eigenvalue weighted by molar-refractivity contribution is 6.20. The molecule has 13 heavy (non-hydrogen) atoms. The summed E-state index contributed by atoms with van der Waals surface area (Å²) >= 11 is 6.03. The Morgan fingerprint density at radius 2 is 1.92 bits per heavy atom. The predicted octanol–water partition coefficient (Wildman–Crippen LogP) is 3.61. The van der Waals surface area contributed by atoms with Gasteiger partial charge in [-0.15, -0.1) is 11.6 Å². The Hall–Kier alpha value is -0.690. The van der Waals surface area contributed by atoms with Gasteiger partial charge < -0.3 is 4.74 Å². The summed E-state index contributed by atoms with van der Waals surface area (Å²) in [6.07, 6.45) is 0. The van der Waals surface area contributed by atoms with E-state index in [-0.39, 0.29) is 5.38 Å². The molecule has 0 heterocycles. The van der Waals surface area contributed by atoms with E-state index in [2.05, 4.69) is 19.9 Å². The monoisotopic (exact) mass is 198 g/mol. The Morgan fingerprint density at radius 1 is 1.31 bits per heavy atom. The molecule has 1 aromatic rings. The fourth-order valence-corrected chi connectivity index (χ4v) is 1.57. The van der Waals surface area contributed by atoms with Crippen LogP contribution in [0.2, 0.25) is 0 Å². The van der Waals surface area contributed by atoms with Crippen molar-refractivity contribution >= 4 is 11.6 Å². The Labute approximate surface area is 84.7 Å². The van der Waals surface area contributed by atoms with Crippen molar-refractivity contribution in [3.63, 3.8) is 0 Å². The first-order chi connectivity index (χ1) is 6.07. The predicted molar refractivity (Wildman–Crippen MR) is 56.7 cm³/mol. The zero-order valence-corrected chi connectivity index (χ0v) is 9.27. The molecule has 0 saturated carbocycles. The number of alkyl halides is 1. The molecule has 0 aliphatic carbocycles. The molecule has 0 amide bonds. The van der Waals surface area contributed by atoms with E-state index in [0.29, 0.717) is 0 Å². The van der Waals surface area contributed by atoms with Gasteiger partial charge in [0.05, 0.1) is 12.5 Å². The quantitative estimate of drug-likeness (QED) is 0.660. The van der Waals surface area contributed by atoms with Gasteiger partial charge in [0.1, 0.15) is 5.75 Å². The smallest absolute Gasteiger partial charge is 0.126 e. The molecule has 0 aliphatic heterocycles. The molecule has 0 aliphatic rings. The van der Waals surface area contributed by atoms with Crippen LogP contribution in [-0.4, -0.2) is 7.11 Å². The molecule has 2 heteroatoms. The first kappa shape index (κ1) is 10.4. The Balaban J connectivity index is 3.30. The molecule has 1 unspecified atom stereocenters. The summed E-state index contributed by atoms with van der Waals surface area (Å²) < 4.78 is 5.33. The summed E-state index contributed by atoms with van der Waals surface area (Å²) in [7, 11) is 1.69. The fourth-order valence-electron chi connectivity index (χ4n) is 1.40. The van der Waals surface area contributed by atoms with Gasteiger partial charge in [0.15, 0.2) is 0 Å². The van der Waals surface area contributed by atoms with E-state index in [0.717, 1.165) is 11.3 Å². The second-order valence-corrected chi connectivity index (χ2v) is 3.90. The average molecular weight is 199 g/mol. The summed E-state index contributed by atoms with van der Waals surface area (Å²) in [6.45, 7) is 6.08. The van der Waals surface area contributed by atoms with E-state index < -0.39 is 0 Å². The molecular weight excluding hydrogens is 184 g/mol. The van der Waals surface area contributed by atoms with E-state index in [1.165, 1.54) is 11.1 Å². The van der Waals surface area contributed by atoms with Crippen LogP contribution in [0.25, 0.3) is 0 Å². The van der Waals surface area contributed by atoms with Crippen LogP contribution in [0.5, 0.6) is 5.75 Å². The van der Waals surface area contributed by atoms with Crippen molar-refractivity contribution in [1.82, 2.24) is 0 Å². The van der Waals surface area contributed by atoms with Gasteiger partial charge in [0.2, 0.25) is 0 Å². The maximum absolute atomic E-state index is 6.03. The molecule has 0 N–H and O–H groups in total. The van der Waals surface area contributed by atoms with Crippen molar-refractivity contribution < 1.29 is 4.74 Å². The first-order valence-electron chi connectivity index (χ1n) is 4.36. The minimum atomic E-state index is -0.00532. The number of methoxy groups -OCH3 is 1. The lowest BCUT2D eigenvalue weighted by molar-refractivity contribution is 0.406. The molecule has 0 aromatic heterocycles. The molecule has 1 nitrogen and oxygen atoms in total. The molecule has 0 bridgehead atoms. The van der Waals surface area contributed by atoms with E-state index in [4.69, 9.17) is 16.3 Å². The average Bonchev–Trinajstić information content (AvgIpc) is 2.09. The second-order valence-electron chi connectivity index (χ2n) is 3.25. The van der Waals surface area contributed by atoms with Gasteiger partial charge in [0.25, 0.3) is 0 Å². The number of halogens is 1. The Morgan fingerprint density at radius 3 is 2.38 bits per heavy atom. The largest absolute Gasteiger partial charge is 0.496 e. The number of hydrogen-bond donors (Lipinski definition) is 0. The van der Waals surface area contributed by atoms with E-state index >= 15 is 0 Å². The topological polar surface area (TPSA) is 9.23 Å². The zero-order valence-electron chi connectivity index (χ0n) is 8.52.